The molecule has 0 spiro atoms. The highest BCUT2D eigenvalue weighted by molar-refractivity contribution is 5.29. The van der Waals surface area contributed by atoms with Crippen molar-refractivity contribution in [1.82, 2.24) is 4.98 Å². The van der Waals surface area contributed by atoms with Gasteiger partial charge in [0.05, 0.1) is 0 Å². The van der Waals surface area contributed by atoms with Crippen LogP contribution in [0.5, 0.6) is 0 Å². The third kappa shape index (κ3) is 1.16. The molecule has 1 heterocycles. The molecule has 1 aromatic heterocycles. The second-order valence-corrected chi connectivity index (χ2v) is 1.84. The number of aromatic nitrogens is 1. The fraction of sp³-hybridized carbons (Fsp3) is 0.167. The van der Waals surface area contributed by atoms with Crippen molar-refractivity contribution in [3.05, 3.63) is 23.6 Å². The van der Waals surface area contributed by atoms with Crippen LogP contribution in [-0.2, 0) is 0 Å². The Morgan fingerprint density at radius 2 is 2.22 bits per heavy atom. The molecule has 0 saturated heterocycles. The Morgan fingerprint density at radius 3 is 2.67 bits per heavy atom. The second-order valence-electron chi connectivity index (χ2n) is 1.84. The van der Waals surface area contributed by atoms with Gasteiger partial charge in [0.15, 0.2) is 0 Å². The maximum atomic E-state index is 12.4. The molecule has 1 aromatic rings. The van der Waals surface area contributed by atoms with E-state index < -0.39 is 5.95 Å². The third-order valence-electron chi connectivity index (χ3n) is 1.06. The molecular weight excluding hydrogens is 119 g/mol. The minimum atomic E-state index is -0.491. The first-order valence-corrected chi connectivity index (χ1v) is 2.59. The van der Waals surface area contributed by atoms with Gasteiger partial charge in [0, 0.05) is 5.56 Å². The minimum Gasteiger partial charge on any atom is -0.384 e. The molecule has 0 radical (unpaired) electrons. The monoisotopic (exact) mass is 126 g/mol. The van der Waals surface area contributed by atoms with Crippen molar-refractivity contribution in [2.24, 2.45) is 0 Å². The van der Waals surface area contributed by atoms with Crippen LogP contribution >= 0.6 is 0 Å². The van der Waals surface area contributed by atoms with Crippen LogP contribution in [-0.4, -0.2) is 4.98 Å². The van der Waals surface area contributed by atoms with Crippen molar-refractivity contribution < 1.29 is 4.39 Å². The molecule has 0 aliphatic carbocycles. The molecule has 2 N–H and O–H groups in total. The van der Waals surface area contributed by atoms with E-state index in [1.165, 1.54) is 0 Å². The largest absolute Gasteiger partial charge is 0.384 e. The molecule has 0 aliphatic heterocycles. The number of nitrogens with zero attached hydrogens (tertiary/aromatic N) is 1. The van der Waals surface area contributed by atoms with Crippen LogP contribution in [0, 0.1) is 12.9 Å². The van der Waals surface area contributed by atoms with Gasteiger partial charge in [-0.1, -0.05) is 6.07 Å². The average Bonchev–Trinajstić information content (AvgIpc) is 1.80. The molecule has 2 nitrogen and oxygen atoms in total. The van der Waals surface area contributed by atoms with Gasteiger partial charge < -0.3 is 5.73 Å². The van der Waals surface area contributed by atoms with Crippen LogP contribution in [0.25, 0.3) is 0 Å². The lowest BCUT2D eigenvalue weighted by Gasteiger charge is -1.93. The average molecular weight is 126 g/mol. The van der Waals surface area contributed by atoms with E-state index >= 15 is 0 Å². The first kappa shape index (κ1) is 6.01. The number of nitrogens with two attached hydrogens (primary N) is 1. The van der Waals surface area contributed by atoms with Crippen LogP contribution in [0.3, 0.4) is 0 Å². The van der Waals surface area contributed by atoms with E-state index in [4.69, 9.17) is 5.73 Å². The molecule has 9 heavy (non-hydrogen) atoms. The van der Waals surface area contributed by atoms with Crippen LogP contribution in [0.1, 0.15) is 5.56 Å². The first-order chi connectivity index (χ1) is 4.20. The van der Waals surface area contributed by atoms with Gasteiger partial charge >= 0.3 is 0 Å². The molecular formula is C6H7FN2. The van der Waals surface area contributed by atoms with Gasteiger partial charge in [-0.25, -0.2) is 4.98 Å². The van der Waals surface area contributed by atoms with Crippen molar-refractivity contribution in [3.8, 4) is 0 Å². The lowest BCUT2D eigenvalue weighted by molar-refractivity contribution is 0.576. The summed E-state index contributed by atoms with van der Waals surface area (Å²) in [5.41, 5.74) is 5.69. The highest BCUT2D eigenvalue weighted by Crippen LogP contribution is 2.04. The topological polar surface area (TPSA) is 38.9 Å². The zero-order valence-electron chi connectivity index (χ0n) is 5.06. The van der Waals surface area contributed by atoms with Crippen LogP contribution in [0.15, 0.2) is 12.1 Å². The lowest BCUT2D eigenvalue weighted by Crippen LogP contribution is -1.93. The Balaban J connectivity index is 3.17. The summed E-state index contributed by atoms with van der Waals surface area (Å²) in [6.45, 7) is 1.64. The molecule has 0 aliphatic rings. The van der Waals surface area contributed by atoms with Crippen LogP contribution in [0.4, 0.5) is 10.2 Å². The summed E-state index contributed by atoms with van der Waals surface area (Å²) >= 11 is 0. The van der Waals surface area contributed by atoms with E-state index in [1.807, 2.05) is 0 Å². The van der Waals surface area contributed by atoms with Crippen LogP contribution < -0.4 is 5.73 Å². The standard InChI is InChI=1S/C6H7FN2/c1-4-2-3-5(8)9-6(4)7/h2-3H,1H3,(H2,8,9). The predicted molar refractivity (Wildman–Crippen MR) is 33.3 cm³/mol. The number of pyridine rings is 1. The first-order valence-electron chi connectivity index (χ1n) is 2.59. The van der Waals surface area contributed by atoms with Gasteiger partial charge in [-0.15, -0.1) is 0 Å². The molecule has 0 fully saturated rings. The van der Waals surface area contributed by atoms with Crippen molar-refractivity contribution in [1.29, 1.82) is 0 Å². The quantitative estimate of drug-likeness (QED) is 0.529. The molecule has 0 amide bonds. The fourth-order valence-electron chi connectivity index (χ4n) is 0.518. The molecule has 48 valence electrons. The summed E-state index contributed by atoms with van der Waals surface area (Å²) in [7, 11) is 0. The van der Waals surface area contributed by atoms with E-state index in [0.29, 0.717) is 5.56 Å². The summed E-state index contributed by atoms with van der Waals surface area (Å²) < 4.78 is 12.4. The molecule has 3 heteroatoms. The normalized spacial score (nSPS) is 9.56. The summed E-state index contributed by atoms with van der Waals surface area (Å²) in [6, 6.07) is 3.16. The number of aryl methyl sites for hydroxylation is 1. The predicted octanol–water partition coefficient (Wildman–Crippen LogP) is 1.11. The van der Waals surface area contributed by atoms with Gasteiger partial charge in [-0.05, 0) is 13.0 Å². The zero-order chi connectivity index (χ0) is 6.85. The molecule has 0 atom stereocenters. The van der Waals surface area contributed by atoms with E-state index in [9.17, 15) is 4.39 Å². The Morgan fingerprint density at radius 1 is 1.56 bits per heavy atom. The van der Waals surface area contributed by atoms with E-state index in [0.717, 1.165) is 0 Å². The molecule has 1 rings (SSSR count). The lowest BCUT2D eigenvalue weighted by atomic mass is 10.3. The minimum absolute atomic E-state index is 0.220. The zero-order valence-corrected chi connectivity index (χ0v) is 5.06. The van der Waals surface area contributed by atoms with Crippen LogP contribution in [0.2, 0.25) is 0 Å². The molecule has 0 saturated carbocycles. The number of hydrogen-bond acceptors (Lipinski definition) is 2. The Kier molecular flexibility index (Phi) is 1.34. The molecule has 0 aromatic carbocycles. The summed E-state index contributed by atoms with van der Waals surface area (Å²) in [5, 5.41) is 0. The van der Waals surface area contributed by atoms with Gasteiger partial charge in [-0.3, -0.25) is 0 Å². The van der Waals surface area contributed by atoms with Crippen molar-refractivity contribution in [2.45, 2.75) is 6.92 Å². The van der Waals surface area contributed by atoms with Crippen molar-refractivity contribution >= 4 is 5.82 Å². The van der Waals surface area contributed by atoms with E-state index in [2.05, 4.69) is 4.98 Å². The van der Waals surface area contributed by atoms with Crippen molar-refractivity contribution in [3.63, 3.8) is 0 Å². The summed E-state index contributed by atoms with van der Waals surface area (Å²) in [6.07, 6.45) is 0. The third-order valence-corrected chi connectivity index (χ3v) is 1.06. The Hall–Kier alpha value is -1.12. The SMILES string of the molecule is Cc1ccc(N)nc1F. The van der Waals surface area contributed by atoms with E-state index in [1.54, 1.807) is 19.1 Å². The van der Waals surface area contributed by atoms with Gasteiger partial charge in [0.25, 0.3) is 0 Å². The molecule has 0 bridgehead atoms. The van der Waals surface area contributed by atoms with Crippen molar-refractivity contribution in [2.75, 3.05) is 5.73 Å². The highest BCUT2D eigenvalue weighted by Gasteiger charge is 1.95. The maximum absolute atomic E-state index is 12.4. The number of rotatable bonds is 0. The van der Waals surface area contributed by atoms with Gasteiger partial charge in [0.2, 0.25) is 5.95 Å². The Labute approximate surface area is 52.5 Å². The number of nitrogen functional groups attached to an aromatic ring is 1. The number of halogens is 1. The maximum Gasteiger partial charge on any atom is 0.217 e. The van der Waals surface area contributed by atoms with E-state index in [-0.39, 0.29) is 5.82 Å². The summed E-state index contributed by atoms with van der Waals surface area (Å²) in [5.74, 6) is -0.270. The van der Waals surface area contributed by atoms with Gasteiger partial charge in [-0.2, -0.15) is 4.39 Å². The fourth-order valence-corrected chi connectivity index (χ4v) is 0.518. The Bertz CT molecular complexity index is 222. The molecule has 0 unspecified atom stereocenters. The summed E-state index contributed by atoms with van der Waals surface area (Å²) in [4.78, 5) is 3.38. The number of hydrogen-bond donors (Lipinski definition) is 1. The number of anilines is 1. The second kappa shape index (κ2) is 2.01. The smallest absolute Gasteiger partial charge is 0.217 e. The van der Waals surface area contributed by atoms with Gasteiger partial charge in [0.1, 0.15) is 5.82 Å². The highest BCUT2D eigenvalue weighted by atomic mass is 19.1.